The molecule has 0 aliphatic carbocycles. The van der Waals surface area contributed by atoms with Gasteiger partial charge in [0.05, 0.1) is 0 Å². The number of anilines is 3. The number of hydrogen-bond donors (Lipinski definition) is 0. The van der Waals surface area contributed by atoms with Crippen LogP contribution in [0.4, 0.5) is 17.1 Å². The van der Waals surface area contributed by atoms with Crippen LogP contribution in [0.5, 0.6) is 0 Å². The number of para-hydroxylation sites is 1. The first-order valence-electron chi connectivity index (χ1n) is 14.9. The van der Waals surface area contributed by atoms with Crippen molar-refractivity contribution < 1.29 is 0 Å². The van der Waals surface area contributed by atoms with E-state index in [1.165, 1.54) is 63.6 Å². The SMILES string of the molecule is c1ccc(N(c2ccc(-c3ccc4c(ccc5c6ccccc6ccc45)c3)cc2)c2ccc3c(c2)sc2ccncc23)cc1. The fraction of sp³-hybridized carbons (Fsp3) is 0. The molecular weight excluding hydrogens is 553 g/mol. The highest BCUT2D eigenvalue weighted by Gasteiger charge is 2.15. The van der Waals surface area contributed by atoms with Crippen LogP contribution in [-0.2, 0) is 0 Å². The molecule has 206 valence electrons. The molecule has 0 unspecified atom stereocenters. The number of pyridine rings is 1. The molecule has 0 aliphatic rings. The molecule has 0 fully saturated rings. The van der Waals surface area contributed by atoms with Crippen molar-refractivity contribution in [1.82, 2.24) is 4.98 Å². The molecule has 9 rings (SSSR count). The summed E-state index contributed by atoms with van der Waals surface area (Å²) in [5.41, 5.74) is 5.82. The Morgan fingerprint density at radius 1 is 0.409 bits per heavy atom. The summed E-state index contributed by atoms with van der Waals surface area (Å²) < 4.78 is 2.53. The van der Waals surface area contributed by atoms with Crippen LogP contribution in [0.3, 0.4) is 0 Å². The van der Waals surface area contributed by atoms with E-state index in [0.29, 0.717) is 0 Å². The van der Waals surface area contributed by atoms with Crippen LogP contribution in [0.2, 0.25) is 0 Å². The number of aromatic nitrogens is 1. The minimum atomic E-state index is 1.13. The lowest BCUT2D eigenvalue weighted by molar-refractivity contribution is 1.29. The highest BCUT2D eigenvalue weighted by molar-refractivity contribution is 7.25. The molecule has 2 nitrogen and oxygen atoms in total. The van der Waals surface area contributed by atoms with Gasteiger partial charge in [-0.15, -0.1) is 11.3 Å². The van der Waals surface area contributed by atoms with Crippen molar-refractivity contribution in [2.45, 2.75) is 0 Å². The molecule has 9 aromatic rings. The van der Waals surface area contributed by atoms with Crippen LogP contribution in [-0.4, -0.2) is 4.98 Å². The second kappa shape index (κ2) is 10.0. The second-order valence-corrected chi connectivity index (χ2v) is 12.3. The van der Waals surface area contributed by atoms with Gasteiger partial charge in [-0.2, -0.15) is 0 Å². The molecule has 44 heavy (non-hydrogen) atoms. The number of thiophene rings is 1. The molecule has 0 bridgehead atoms. The van der Waals surface area contributed by atoms with E-state index >= 15 is 0 Å². The summed E-state index contributed by atoms with van der Waals surface area (Å²) in [6.45, 7) is 0. The van der Waals surface area contributed by atoms with Gasteiger partial charge in [0.15, 0.2) is 0 Å². The van der Waals surface area contributed by atoms with Gasteiger partial charge < -0.3 is 4.90 Å². The van der Waals surface area contributed by atoms with E-state index in [0.717, 1.165) is 17.1 Å². The fourth-order valence-corrected chi connectivity index (χ4v) is 7.69. The minimum Gasteiger partial charge on any atom is -0.310 e. The quantitative estimate of drug-likeness (QED) is 0.193. The highest BCUT2D eigenvalue weighted by Crippen LogP contribution is 2.41. The zero-order valence-electron chi connectivity index (χ0n) is 23.8. The topological polar surface area (TPSA) is 16.1 Å². The Kier molecular flexibility index (Phi) is 5.71. The number of benzene rings is 7. The van der Waals surface area contributed by atoms with Crippen molar-refractivity contribution in [1.29, 1.82) is 0 Å². The number of fused-ring (bicyclic) bond motifs is 8. The van der Waals surface area contributed by atoms with Gasteiger partial charge in [0, 0.05) is 49.6 Å². The maximum absolute atomic E-state index is 4.36. The van der Waals surface area contributed by atoms with Gasteiger partial charge in [-0.25, -0.2) is 0 Å². The highest BCUT2D eigenvalue weighted by atomic mass is 32.1. The molecule has 0 N–H and O–H groups in total. The fourth-order valence-electron chi connectivity index (χ4n) is 6.58. The van der Waals surface area contributed by atoms with Gasteiger partial charge in [-0.3, -0.25) is 4.98 Å². The van der Waals surface area contributed by atoms with Crippen molar-refractivity contribution in [2.75, 3.05) is 4.90 Å². The molecule has 7 aromatic carbocycles. The van der Waals surface area contributed by atoms with Gasteiger partial charge >= 0.3 is 0 Å². The summed E-state index contributed by atoms with van der Waals surface area (Å²) in [5, 5.41) is 10.2. The average molecular weight is 579 g/mol. The maximum atomic E-state index is 4.36. The summed E-state index contributed by atoms with van der Waals surface area (Å²) >= 11 is 1.82. The lowest BCUT2D eigenvalue weighted by atomic mass is 9.95. The van der Waals surface area contributed by atoms with E-state index in [9.17, 15) is 0 Å². The molecule has 2 heterocycles. The van der Waals surface area contributed by atoms with E-state index in [1.54, 1.807) is 0 Å². The molecule has 3 heteroatoms. The van der Waals surface area contributed by atoms with E-state index in [-0.39, 0.29) is 0 Å². The van der Waals surface area contributed by atoms with Crippen LogP contribution >= 0.6 is 11.3 Å². The summed E-state index contributed by atoms with van der Waals surface area (Å²) in [6.07, 6.45) is 3.84. The summed E-state index contributed by atoms with van der Waals surface area (Å²) in [4.78, 5) is 6.69. The predicted molar refractivity (Wildman–Crippen MR) is 190 cm³/mol. The third-order valence-electron chi connectivity index (χ3n) is 8.73. The molecule has 0 saturated carbocycles. The predicted octanol–water partition coefficient (Wildman–Crippen LogP) is 12.0. The zero-order valence-corrected chi connectivity index (χ0v) is 24.6. The molecule has 2 aromatic heterocycles. The molecule has 0 atom stereocenters. The van der Waals surface area contributed by atoms with Crippen molar-refractivity contribution in [3.63, 3.8) is 0 Å². The molecule has 0 saturated heterocycles. The third kappa shape index (κ3) is 4.05. The molecular formula is C41H26N2S. The number of nitrogens with zero attached hydrogens (tertiary/aromatic N) is 2. The maximum Gasteiger partial charge on any atom is 0.0476 e. The third-order valence-corrected chi connectivity index (χ3v) is 9.86. The van der Waals surface area contributed by atoms with Crippen molar-refractivity contribution >= 4 is 80.9 Å². The van der Waals surface area contributed by atoms with Crippen LogP contribution < -0.4 is 4.90 Å². The minimum absolute atomic E-state index is 1.13. The lowest BCUT2D eigenvalue weighted by Crippen LogP contribution is -2.09. The Hall–Kier alpha value is -5.51. The molecule has 0 radical (unpaired) electrons. The standard InChI is InChI=1S/C41H26N2S/c1-2-7-31(8-3-1)43(33-17-21-38-39-26-42-23-22-40(39)44-41(38)25-33)32-15-10-27(11-16-32)29-13-18-35-30(24-29)14-20-36-34-9-5-4-6-28(34)12-19-37(35)36/h1-26H. The van der Waals surface area contributed by atoms with E-state index < -0.39 is 0 Å². The summed E-state index contributed by atoms with van der Waals surface area (Å²) in [7, 11) is 0. The monoisotopic (exact) mass is 578 g/mol. The van der Waals surface area contributed by atoms with E-state index in [1.807, 2.05) is 23.7 Å². The van der Waals surface area contributed by atoms with Gasteiger partial charge in [-0.1, -0.05) is 97.1 Å². The van der Waals surface area contributed by atoms with E-state index in [2.05, 4.69) is 155 Å². The average Bonchev–Trinajstić information content (AvgIpc) is 3.46. The lowest BCUT2D eigenvalue weighted by Gasteiger charge is -2.25. The largest absolute Gasteiger partial charge is 0.310 e. The van der Waals surface area contributed by atoms with Crippen LogP contribution in [0.1, 0.15) is 0 Å². The first kappa shape index (κ1) is 25.0. The Morgan fingerprint density at radius 2 is 1.07 bits per heavy atom. The normalized spacial score (nSPS) is 11.6. The number of rotatable bonds is 4. The first-order valence-corrected chi connectivity index (χ1v) is 15.7. The van der Waals surface area contributed by atoms with Gasteiger partial charge in [-0.05, 0) is 92.0 Å². The number of hydrogen-bond acceptors (Lipinski definition) is 3. The van der Waals surface area contributed by atoms with Gasteiger partial charge in [0.1, 0.15) is 0 Å². The summed E-state index contributed by atoms with van der Waals surface area (Å²) in [6, 6.07) is 52.9. The van der Waals surface area contributed by atoms with Gasteiger partial charge in [0.2, 0.25) is 0 Å². The first-order chi connectivity index (χ1) is 21.8. The Labute approximate surface area is 259 Å². The Bertz CT molecular complexity index is 2490. The van der Waals surface area contributed by atoms with Crippen molar-refractivity contribution in [3.8, 4) is 11.1 Å². The molecule has 0 aliphatic heterocycles. The van der Waals surface area contributed by atoms with Crippen LogP contribution in [0.15, 0.2) is 158 Å². The van der Waals surface area contributed by atoms with Crippen LogP contribution in [0.25, 0.3) is 63.6 Å². The summed E-state index contributed by atoms with van der Waals surface area (Å²) in [5.74, 6) is 0. The second-order valence-electron chi connectivity index (χ2n) is 11.3. The smallest absolute Gasteiger partial charge is 0.0476 e. The van der Waals surface area contributed by atoms with E-state index in [4.69, 9.17) is 0 Å². The van der Waals surface area contributed by atoms with Crippen molar-refractivity contribution in [3.05, 3.63) is 158 Å². The zero-order chi connectivity index (χ0) is 29.0. The van der Waals surface area contributed by atoms with Crippen LogP contribution in [0, 0.1) is 0 Å². The Balaban J connectivity index is 1.11. The Morgan fingerprint density at radius 3 is 1.93 bits per heavy atom. The van der Waals surface area contributed by atoms with Crippen molar-refractivity contribution in [2.24, 2.45) is 0 Å². The van der Waals surface area contributed by atoms with Gasteiger partial charge in [0.25, 0.3) is 0 Å². The molecule has 0 spiro atoms. The molecule has 0 amide bonds.